The Morgan fingerprint density at radius 1 is 1.36 bits per heavy atom. The molecule has 6 nitrogen and oxygen atoms in total. The van der Waals surface area contributed by atoms with Crippen LogP contribution in [0.25, 0.3) is 0 Å². The van der Waals surface area contributed by atoms with Gasteiger partial charge in [-0.25, -0.2) is 0 Å². The summed E-state index contributed by atoms with van der Waals surface area (Å²) in [6.07, 6.45) is 7.83. The summed E-state index contributed by atoms with van der Waals surface area (Å²) in [6.45, 7) is 8.57. The van der Waals surface area contributed by atoms with Gasteiger partial charge in [-0.1, -0.05) is 6.92 Å². The molecule has 0 radical (unpaired) electrons. The van der Waals surface area contributed by atoms with Crippen molar-refractivity contribution in [1.29, 1.82) is 0 Å². The minimum atomic E-state index is -0.0384. The Kier molecular flexibility index (Phi) is 8.19. The highest BCUT2D eigenvalue weighted by Crippen LogP contribution is 2.19. The lowest BCUT2D eigenvalue weighted by Gasteiger charge is -2.30. The van der Waals surface area contributed by atoms with Crippen molar-refractivity contribution in [3.63, 3.8) is 0 Å². The van der Waals surface area contributed by atoms with Gasteiger partial charge in [-0.05, 0) is 70.3 Å². The molecule has 0 spiro atoms. The fourth-order valence-electron chi connectivity index (χ4n) is 3.79. The minimum absolute atomic E-state index is 0. The summed E-state index contributed by atoms with van der Waals surface area (Å²) >= 11 is 0. The highest BCUT2D eigenvalue weighted by Gasteiger charge is 2.19. The molecule has 2 N–H and O–H groups in total. The molecule has 1 aromatic heterocycles. The Balaban J connectivity index is 0.00000225. The van der Waals surface area contributed by atoms with Crippen LogP contribution in [0.1, 0.15) is 55.6 Å². The lowest BCUT2D eigenvalue weighted by Crippen LogP contribution is -2.35. The largest absolute Gasteiger partial charge is 0.351 e. The van der Waals surface area contributed by atoms with Gasteiger partial charge in [-0.15, -0.1) is 12.4 Å². The zero-order valence-electron chi connectivity index (χ0n) is 15.2. The van der Waals surface area contributed by atoms with Gasteiger partial charge in [0, 0.05) is 19.3 Å². The molecule has 2 aliphatic rings. The van der Waals surface area contributed by atoms with E-state index in [-0.39, 0.29) is 18.3 Å². The molecule has 7 heteroatoms. The zero-order chi connectivity index (χ0) is 16.8. The van der Waals surface area contributed by atoms with Gasteiger partial charge in [0.25, 0.3) is 5.91 Å². The number of aromatic nitrogens is 2. The van der Waals surface area contributed by atoms with E-state index in [2.05, 4.69) is 27.6 Å². The van der Waals surface area contributed by atoms with Crippen LogP contribution in [0.3, 0.4) is 0 Å². The van der Waals surface area contributed by atoms with Gasteiger partial charge in [-0.3, -0.25) is 9.48 Å². The maximum Gasteiger partial charge on any atom is 0.271 e. The number of piperidine rings is 2. The van der Waals surface area contributed by atoms with E-state index in [9.17, 15) is 4.79 Å². The first kappa shape index (κ1) is 20.2. The van der Waals surface area contributed by atoms with Crippen molar-refractivity contribution in [1.82, 2.24) is 25.3 Å². The monoisotopic (exact) mass is 369 g/mol. The number of carbonyl (C=O) groups is 1. The molecule has 2 aliphatic heterocycles. The highest BCUT2D eigenvalue weighted by molar-refractivity contribution is 5.92. The van der Waals surface area contributed by atoms with E-state index in [1.165, 1.54) is 32.4 Å². The van der Waals surface area contributed by atoms with Gasteiger partial charge < -0.3 is 15.5 Å². The predicted molar refractivity (Wildman–Crippen MR) is 102 cm³/mol. The van der Waals surface area contributed by atoms with Crippen LogP contribution in [-0.4, -0.2) is 59.9 Å². The Hall–Kier alpha value is -1.11. The van der Waals surface area contributed by atoms with Gasteiger partial charge in [0.2, 0.25) is 0 Å². The molecule has 1 atom stereocenters. The van der Waals surface area contributed by atoms with Crippen LogP contribution in [0.4, 0.5) is 0 Å². The number of halogens is 1. The summed E-state index contributed by atoms with van der Waals surface area (Å²) in [5.41, 5.74) is 0.543. The molecule has 3 rings (SSSR count). The van der Waals surface area contributed by atoms with E-state index in [1.54, 1.807) is 0 Å². The highest BCUT2D eigenvalue weighted by atomic mass is 35.5. The summed E-state index contributed by atoms with van der Waals surface area (Å²) < 4.78 is 1.95. The number of hydrogen-bond donors (Lipinski definition) is 2. The molecule has 25 heavy (non-hydrogen) atoms. The normalized spacial score (nSPS) is 22.4. The molecule has 2 saturated heterocycles. The lowest BCUT2D eigenvalue weighted by molar-refractivity contribution is 0.0942. The third-order valence-corrected chi connectivity index (χ3v) is 5.48. The number of hydrogen-bond acceptors (Lipinski definition) is 4. The van der Waals surface area contributed by atoms with Gasteiger partial charge in [-0.2, -0.15) is 5.10 Å². The quantitative estimate of drug-likeness (QED) is 0.806. The van der Waals surface area contributed by atoms with E-state index in [4.69, 9.17) is 0 Å². The van der Waals surface area contributed by atoms with Crippen molar-refractivity contribution >= 4 is 18.3 Å². The van der Waals surface area contributed by atoms with Crippen molar-refractivity contribution in [2.75, 3.05) is 39.3 Å². The van der Waals surface area contributed by atoms with E-state index < -0.39 is 0 Å². The zero-order valence-corrected chi connectivity index (χ0v) is 16.1. The van der Waals surface area contributed by atoms with Gasteiger partial charge in [0.1, 0.15) is 5.69 Å². The van der Waals surface area contributed by atoms with Crippen molar-refractivity contribution in [2.45, 2.75) is 45.1 Å². The van der Waals surface area contributed by atoms with Crippen LogP contribution in [0, 0.1) is 5.92 Å². The Morgan fingerprint density at radius 3 is 2.84 bits per heavy atom. The van der Waals surface area contributed by atoms with Gasteiger partial charge in [0.05, 0.1) is 6.04 Å². The molecule has 3 heterocycles. The van der Waals surface area contributed by atoms with E-state index in [0.29, 0.717) is 11.7 Å². The fraction of sp³-hybridized carbons (Fsp3) is 0.778. The minimum Gasteiger partial charge on any atom is -0.351 e. The molecular weight excluding hydrogens is 338 g/mol. The first-order valence-corrected chi connectivity index (χ1v) is 9.52. The average molecular weight is 370 g/mol. The SMILES string of the molecule is CCN1CCC(CCNC(=O)c2ccn(C3CCCNC3)n2)CC1.Cl. The van der Waals surface area contributed by atoms with Crippen molar-refractivity contribution in [3.05, 3.63) is 18.0 Å². The van der Waals surface area contributed by atoms with Crippen LogP contribution in [0.15, 0.2) is 12.3 Å². The van der Waals surface area contributed by atoms with Crippen LogP contribution in [0.2, 0.25) is 0 Å². The molecule has 0 aliphatic carbocycles. The Labute approximate surface area is 157 Å². The topological polar surface area (TPSA) is 62.2 Å². The van der Waals surface area contributed by atoms with Crippen LogP contribution in [-0.2, 0) is 0 Å². The summed E-state index contributed by atoms with van der Waals surface area (Å²) in [5, 5.41) is 10.9. The number of nitrogens with zero attached hydrogens (tertiary/aromatic N) is 3. The molecular formula is C18H32ClN5O. The molecule has 0 aromatic carbocycles. The summed E-state index contributed by atoms with van der Waals surface area (Å²) in [4.78, 5) is 14.8. The molecule has 0 saturated carbocycles. The maximum atomic E-state index is 12.3. The number of carbonyl (C=O) groups excluding carboxylic acids is 1. The molecule has 142 valence electrons. The van der Waals surface area contributed by atoms with Crippen LogP contribution < -0.4 is 10.6 Å². The van der Waals surface area contributed by atoms with Crippen molar-refractivity contribution < 1.29 is 4.79 Å². The number of likely N-dealkylation sites (tertiary alicyclic amines) is 1. The lowest BCUT2D eigenvalue weighted by atomic mass is 9.93. The third-order valence-electron chi connectivity index (χ3n) is 5.48. The number of amides is 1. The molecule has 0 bridgehead atoms. The molecule has 1 unspecified atom stereocenters. The average Bonchev–Trinajstić information content (AvgIpc) is 3.13. The van der Waals surface area contributed by atoms with Crippen molar-refractivity contribution in [3.8, 4) is 0 Å². The first-order valence-electron chi connectivity index (χ1n) is 9.52. The standard InChI is InChI=1S/C18H31N5O.ClH/c1-2-22-11-6-15(7-12-22)5-10-20-18(24)17-8-13-23(21-17)16-4-3-9-19-14-16;/h8,13,15-16,19H,2-7,9-12,14H2,1H3,(H,20,24);1H. The number of rotatable bonds is 6. The van der Waals surface area contributed by atoms with Crippen molar-refractivity contribution in [2.24, 2.45) is 5.92 Å². The Bertz CT molecular complexity index is 521. The number of nitrogens with one attached hydrogen (secondary N) is 2. The predicted octanol–water partition coefficient (Wildman–Crippen LogP) is 2.08. The van der Waals surface area contributed by atoms with Gasteiger partial charge in [0.15, 0.2) is 0 Å². The first-order chi connectivity index (χ1) is 11.8. The maximum absolute atomic E-state index is 12.3. The third kappa shape index (κ3) is 5.69. The molecule has 1 aromatic rings. The summed E-state index contributed by atoms with van der Waals surface area (Å²) in [5.74, 6) is 0.711. The Morgan fingerprint density at radius 2 is 2.16 bits per heavy atom. The van der Waals surface area contributed by atoms with Crippen LogP contribution >= 0.6 is 12.4 Å². The second kappa shape index (κ2) is 10.1. The second-order valence-electron chi connectivity index (χ2n) is 7.10. The summed E-state index contributed by atoms with van der Waals surface area (Å²) in [6, 6.07) is 2.22. The van der Waals surface area contributed by atoms with E-state index in [0.717, 1.165) is 44.9 Å². The van der Waals surface area contributed by atoms with E-state index in [1.807, 2.05) is 16.9 Å². The van der Waals surface area contributed by atoms with E-state index >= 15 is 0 Å². The second-order valence-corrected chi connectivity index (χ2v) is 7.10. The summed E-state index contributed by atoms with van der Waals surface area (Å²) in [7, 11) is 0. The molecule has 2 fully saturated rings. The smallest absolute Gasteiger partial charge is 0.271 e. The molecule has 1 amide bonds. The fourth-order valence-corrected chi connectivity index (χ4v) is 3.79. The van der Waals surface area contributed by atoms with Gasteiger partial charge >= 0.3 is 0 Å². The van der Waals surface area contributed by atoms with Crippen LogP contribution in [0.5, 0.6) is 0 Å².